The molecule has 2 rings (SSSR count). The third-order valence-electron chi connectivity index (χ3n) is 2.88. The summed E-state index contributed by atoms with van der Waals surface area (Å²) < 4.78 is 5.22. The maximum atomic E-state index is 11.8. The molecule has 5 nitrogen and oxygen atoms in total. The van der Waals surface area contributed by atoms with Gasteiger partial charge >= 0.3 is 0 Å². The summed E-state index contributed by atoms with van der Waals surface area (Å²) in [5.41, 5.74) is 0.565. The Morgan fingerprint density at radius 3 is 3.06 bits per heavy atom. The van der Waals surface area contributed by atoms with Crippen molar-refractivity contribution in [2.75, 3.05) is 19.8 Å². The van der Waals surface area contributed by atoms with Crippen molar-refractivity contribution in [1.82, 2.24) is 10.3 Å². The standard InChI is InChI=1S/C12H16N2O3/c1-8-2-3-10(12(16)14-8)11(15)13-6-9-4-5-17-7-9/h2-3,9H,4-7H2,1H3,(H,13,15)(H,14,16). The Hall–Kier alpha value is -1.62. The molecule has 1 amide bonds. The summed E-state index contributed by atoms with van der Waals surface area (Å²) in [6.07, 6.45) is 0.963. The molecule has 1 fully saturated rings. The van der Waals surface area contributed by atoms with Crippen LogP contribution in [0.5, 0.6) is 0 Å². The third-order valence-corrected chi connectivity index (χ3v) is 2.88. The average Bonchev–Trinajstić information content (AvgIpc) is 2.78. The van der Waals surface area contributed by atoms with E-state index in [1.807, 2.05) is 0 Å². The van der Waals surface area contributed by atoms with Crippen LogP contribution in [-0.2, 0) is 4.74 Å². The second-order valence-electron chi connectivity index (χ2n) is 4.32. The Morgan fingerprint density at radius 2 is 2.41 bits per heavy atom. The minimum absolute atomic E-state index is 0.162. The molecule has 1 atom stereocenters. The monoisotopic (exact) mass is 236 g/mol. The first kappa shape index (κ1) is 11.9. The first-order chi connectivity index (χ1) is 8.16. The fourth-order valence-electron chi connectivity index (χ4n) is 1.83. The summed E-state index contributed by atoms with van der Waals surface area (Å²) >= 11 is 0. The number of aromatic amines is 1. The van der Waals surface area contributed by atoms with E-state index in [0.29, 0.717) is 19.1 Å². The largest absolute Gasteiger partial charge is 0.381 e. The van der Waals surface area contributed by atoms with Crippen molar-refractivity contribution in [3.05, 3.63) is 33.7 Å². The zero-order valence-electron chi connectivity index (χ0n) is 9.79. The molecule has 0 bridgehead atoms. The molecule has 1 aliphatic heterocycles. The van der Waals surface area contributed by atoms with E-state index in [1.165, 1.54) is 0 Å². The number of nitrogens with one attached hydrogen (secondary N) is 2. The van der Waals surface area contributed by atoms with Crippen LogP contribution in [-0.4, -0.2) is 30.6 Å². The summed E-state index contributed by atoms with van der Waals surface area (Å²) in [4.78, 5) is 25.9. The molecule has 1 saturated heterocycles. The number of aryl methyl sites for hydroxylation is 1. The lowest BCUT2D eigenvalue weighted by atomic mass is 10.1. The predicted molar refractivity (Wildman–Crippen MR) is 63.1 cm³/mol. The number of amides is 1. The summed E-state index contributed by atoms with van der Waals surface area (Å²) in [5, 5.41) is 2.76. The van der Waals surface area contributed by atoms with E-state index in [-0.39, 0.29) is 17.0 Å². The second-order valence-corrected chi connectivity index (χ2v) is 4.32. The maximum Gasteiger partial charge on any atom is 0.260 e. The molecule has 1 unspecified atom stereocenters. The molecular weight excluding hydrogens is 220 g/mol. The molecule has 2 N–H and O–H groups in total. The highest BCUT2D eigenvalue weighted by Gasteiger charge is 2.17. The van der Waals surface area contributed by atoms with Crippen molar-refractivity contribution >= 4 is 5.91 Å². The summed E-state index contributed by atoms with van der Waals surface area (Å²) in [6, 6.07) is 3.27. The van der Waals surface area contributed by atoms with Gasteiger partial charge in [0.2, 0.25) is 0 Å². The van der Waals surface area contributed by atoms with Gasteiger partial charge in [-0.2, -0.15) is 0 Å². The minimum Gasteiger partial charge on any atom is -0.381 e. The normalized spacial score (nSPS) is 19.2. The van der Waals surface area contributed by atoms with Crippen molar-refractivity contribution in [2.45, 2.75) is 13.3 Å². The maximum absolute atomic E-state index is 11.8. The summed E-state index contributed by atoms with van der Waals surface area (Å²) in [6.45, 7) is 3.78. The zero-order chi connectivity index (χ0) is 12.3. The second kappa shape index (κ2) is 5.14. The van der Waals surface area contributed by atoms with Gasteiger partial charge in [0.15, 0.2) is 0 Å². The Morgan fingerprint density at radius 1 is 1.59 bits per heavy atom. The minimum atomic E-state index is -0.342. The molecule has 1 aromatic rings. The van der Waals surface area contributed by atoms with Gasteiger partial charge in [0, 0.05) is 24.8 Å². The van der Waals surface area contributed by atoms with Gasteiger partial charge in [-0.05, 0) is 25.5 Å². The van der Waals surface area contributed by atoms with E-state index in [4.69, 9.17) is 4.74 Å². The Labute approximate surface area is 99.2 Å². The highest BCUT2D eigenvalue weighted by atomic mass is 16.5. The lowest BCUT2D eigenvalue weighted by Gasteiger charge is -2.09. The number of carbonyl (C=O) groups is 1. The number of rotatable bonds is 3. The van der Waals surface area contributed by atoms with E-state index in [2.05, 4.69) is 10.3 Å². The first-order valence-electron chi connectivity index (χ1n) is 5.72. The molecule has 92 valence electrons. The van der Waals surface area contributed by atoms with Crippen molar-refractivity contribution < 1.29 is 9.53 Å². The number of hydrogen-bond acceptors (Lipinski definition) is 3. The van der Waals surface area contributed by atoms with Crippen molar-refractivity contribution in [3.63, 3.8) is 0 Å². The number of H-pyrrole nitrogens is 1. The van der Waals surface area contributed by atoms with Crippen LogP contribution in [0.2, 0.25) is 0 Å². The molecule has 0 aromatic carbocycles. The highest BCUT2D eigenvalue weighted by Crippen LogP contribution is 2.10. The quantitative estimate of drug-likeness (QED) is 0.800. The van der Waals surface area contributed by atoms with Crippen molar-refractivity contribution in [3.8, 4) is 0 Å². The third kappa shape index (κ3) is 2.94. The van der Waals surface area contributed by atoms with Crippen LogP contribution in [0.1, 0.15) is 22.5 Å². The zero-order valence-corrected chi connectivity index (χ0v) is 9.79. The number of hydrogen-bond donors (Lipinski definition) is 2. The van der Waals surface area contributed by atoms with E-state index in [0.717, 1.165) is 18.7 Å². The molecule has 1 aromatic heterocycles. The molecule has 17 heavy (non-hydrogen) atoms. The van der Waals surface area contributed by atoms with Crippen LogP contribution >= 0.6 is 0 Å². The van der Waals surface area contributed by atoms with Gasteiger partial charge < -0.3 is 15.0 Å². The summed E-state index contributed by atoms with van der Waals surface area (Å²) in [7, 11) is 0. The topological polar surface area (TPSA) is 71.2 Å². The van der Waals surface area contributed by atoms with Gasteiger partial charge in [-0.15, -0.1) is 0 Å². The van der Waals surface area contributed by atoms with Crippen LogP contribution in [0.15, 0.2) is 16.9 Å². The van der Waals surface area contributed by atoms with Crippen LogP contribution in [0.4, 0.5) is 0 Å². The van der Waals surface area contributed by atoms with Gasteiger partial charge in [0.1, 0.15) is 5.56 Å². The van der Waals surface area contributed by atoms with Gasteiger partial charge in [0.05, 0.1) is 6.61 Å². The lowest BCUT2D eigenvalue weighted by molar-refractivity contribution is 0.0943. The number of carbonyl (C=O) groups excluding carboxylic acids is 1. The Bertz CT molecular complexity index is 461. The molecule has 0 radical (unpaired) electrons. The molecule has 0 aliphatic carbocycles. The number of ether oxygens (including phenoxy) is 1. The molecule has 5 heteroatoms. The van der Waals surface area contributed by atoms with Crippen molar-refractivity contribution in [2.24, 2.45) is 5.92 Å². The van der Waals surface area contributed by atoms with E-state index < -0.39 is 0 Å². The fraction of sp³-hybridized carbons (Fsp3) is 0.500. The van der Waals surface area contributed by atoms with Crippen molar-refractivity contribution in [1.29, 1.82) is 0 Å². The number of aromatic nitrogens is 1. The first-order valence-corrected chi connectivity index (χ1v) is 5.72. The van der Waals surface area contributed by atoms with Crippen LogP contribution < -0.4 is 10.9 Å². The SMILES string of the molecule is Cc1ccc(C(=O)NCC2CCOC2)c(=O)[nH]1. The van der Waals surface area contributed by atoms with Gasteiger partial charge in [-0.25, -0.2) is 0 Å². The average molecular weight is 236 g/mol. The van der Waals surface area contributed by atoms with Crippen LogP contribution in [0.3, 0.4) is 0 Å². The van der Waals surface area contributed by atoms with Gasteiger partial charge in [-0.1, -0.05) is 0 Å². The number of pyridine rings is 1. The highest BCUT2D eigenvalue weighted by molar-refractivity contribution is 5.93. The van der Waals surface area contributed by atoms with Crippen LogP contribution in [0.25, 0.3) is 0 Å². The molecule has 0 saturated carbocycles. The van der Waals surface area contributed by atoms with Gasteiger partial charge in [-0.3, -0.25) is 9.59 Å². The smallest absolute Gasteiger partial charge is 0.260 e. The Kier molecular flexibility index (Phi) is 3.58. The molecular formula is C12H16N2O3. The molecule has 2 heterocycles. The predicted octanol–water partition coefficient (Wildman–Crippen LogP) is 0.450. The van der Waals surface area contributed by atoms with E-state index in [9.17, 15) is 9.59 Å². The summed E-state index contributed by atoms with van der Waals surface area (Å²) in [5.74, 6) is 0.0432. The molecule has 0 spiro atoms. The fourth-order valence-corrected chi connectivity index (χ4v) is 1.83. The lowest BCUT2D eigenvalue weighted by Crippen LogP contribution is -2.33. The van der Waals surface area contributed by atoms with E-state index in [1.54, 1.807) is 19.1 Å². The Balaban J connectivity index is 1.97. The van der Waals surface area contributed by atoms with Gasteiger partial charge in [0.25, 0.3) is 11.5 Å². The van der Waals surface area contributed by atoms with E-state index >= 15 is 0 Å². The van der Waals surface area contributed by atoms with Crippen LogP contribution in [0, 0.1) is 12.8 Å². The molecule has 1 aliphatic rings.